The van der Waals surface area contributed by atoms with Gasteiger partial charge in [0.05, 0.1) is 0 Å². The van der Waals surface area contributed by atoms with Crippen LogP contribution in [0.3, 0.4) is 0 Å². The quantitative estimate of drug-likeness (QED) is 0.480. The number of hydrogen-bond donors (Lipinski definition) is 0. The van der Waals surface area contributed by atoms with Gasteiger partial charge in [-0.15, -0.1) is 9.24 Å². The maximum atomic E-state index is 2.72. The Morgan fingerprint density at radius 3 is 1.08 bits per heavy atom. The molecule has 3 heteroatoms. The van der Waals surface area contributed by atoms with E-state index < -0.39 is 39.5 Å². The molecule has 0 rings (SSSR count). The van der Waals surface area contributed by atoms with Crippen LogP contribution in [0.4, 0.5) is 0 Å². The zero-order valence-corrected chi connectivity index (χ0v) is 17.4. The summed E-state index contributed by atoms with van der Waals surface area (Å²) in [4.78, 5) is 10.0. The van der Waals surface area contributed by atoms with Crippen molar-refractivity contribution < 1.29 is 0 Å². The molecule has 0 saturated carbocycles. The van der Waals surface area contributed by atoms with Gasteiger partial charge in [-0.05, 0) is 5.16 Å². The SMILES string of the molecule is CC(C)(C)P.[CH3][Sn]([CH3])[CH2][CH2][Sn]([CH3])[CH3]. The van der Waals surface area contributed by atoms with Gasteiger partial charge >= 0.3 is 68.2 Å². The summed E-state index contributed by atoms with van der Waals surface area (Å²) < 4.78 is 3.34. The van der Waals surface area contributed by atoms with Gasteiger partial charge < -0.3 is 0 Å². The van der Waals surface area contributed by atoms with E-state index in [0.717, 1.165) is 0 Å². The third-order valence-corrected chi connectivity index (χ3v) is 12.3. The molecule has 1 unspecified atom stereocenters. The standard InChI is InChI=1S/C4H11P.C2H4.4CH3.2Sn/c1-4(2,3)5;1-2;;;;;;/h5H2,1-3H3;1-2H2;4*1H3;;. The Morgan fingerprint density at radius 2 is 1.00 bits per heavy atom. The van der Waals surface area contributed by atoms with E-state index in [4.69, 9.17) is 0 Å². The van der Waals surface area contributed by atoms with Crippen molar-refractivity contribution in [1.82, 2.24) is 0 Å². The molecule has 0 fully saturated rings. The molecule has 80 valence electrons. The van der Waals surface area contributed by atoms with E-state index in [9.17, 15) is 0 Å². The second kappa shape index (κ2) is 9.27. The molecular weight excluding hydrogens is 389 g/mol. The molecule has 0 nitrogen and oxygen atoms in total. The number of hydrogen-bond acceptors (Lipinski definition) is 0. The predicted molar refractivity (Wildman–Crippen MR) is 74.0 cm³/mol. The Hall–Kier alpha value is 2.03. The van der Waals surface area contributed by atoms with Crippen LogP contribution in [0.5, 0.6) is 0 Å². The van der Waals surface area contributed by atoms with Gasteiger partial charge in [0.15, 0.2) is 0 Å². The molecule has 0 aromatic rings. The van der Waals surface area contributed by atoms with Crippen molar-refractivity contribution in [3.63, 3.8) is 0 Å². The van der Waals surface area contributed by atoms with Gasteiger partial charge in [-0.1, -0.05) is 20.8 Å². The molecule has 0 aromatic heterocycles. The molecule has 0 aliphatic heterocycles. The topological polar surface area (TPSA) is 0 Å². The minimum absolute atomic E-state index is 0.417. The molecule has 0 spiro atoms. The molecule has 0 heterocycles. The summed E-state index contributed by atoms with van der Waals surface area (Å²) in [7, 11) is 2.72. The molecule has 13 heavy (non-hydrogen) atoms. The molecule has 0 bridgehead atoms. The van der Waals surface area contributed by atoms with Crippen molar-refractivity contribution >= 4 is 48.8 Å². The van der Waals surface area contributed by atoms with Crippen LogP contribution in [0, 0.1) is 0 Å². The molecule has 0 saturated heterocycles. The van der Waals surface area contributed by atoms with Crippen molar-refractivity contribution in [1.29, 1.82) is 0 Å². The molecular formula is C10H27PSn2. The van der Waals surface area contributed by atoms with Crippen molar-refractivity contribution in [2.75, 3.05) is 0 Å². The summed E-state index contributed by atoms with van der Waals surface area (Å²) in [6, 6.07) is 0. The first-order valence-corrected chi connectivity index (χ1v) is 21.0. The fourth-order valence-electron chi connectivity index (χ4n) is 0.500. The van der Waals surface area contributed by atoms with Crippen LogP contribution in [0.2, 0.25) is 28.6 Å². The van der Waals surface area contributed by atoms with E-state index in [1.54, 1.807) is 8.87 Å². The van der Waals surface area contributed by atoms with Gasteiger partial charge in [0, 0.05) is 0 Å². The molecule has 0 aliphatic rings. The van der Waals surface area contributed by atoms with Crippen LogP contribution in [0.15, 0.2) is 0 Å². The molecule has 2 radical (unpaired) electrons. The van der Waals surface area contributed by atoms with Crippen LogP contribution < -0.4 is 0 Å². The zero-order chi connectivity index (χ0) is 11.1. The second-order valence-electron chi connectivity index (χ2n) is 5.28. The van der Waals surface area contributed by atoms with Crippen molar-refractivity contribution in [2.45, 2.75) is 54.6 Å². The summed E-state index contributed by atoms with van der Waals surface area (Å²) >= 11 is -1.28. The zero-order valence-electron chi connectivity index (χ0n) is 10.5. The van der Waals surface area contributed by atoms with E-state index in [0.29, 0.717) is 5.16 Å². The van der Waals surface area contributed by atoms with E-state index in [-0.39, 0.29) is 0 Å². The monoisotopic (exact) mass is 418 g/mol. The van der Waals surface area contributed by atoms with Gasteiger partial charge in [-0.2, -0.15) is 0 Å². The Bertz CT molecular complexity index is 92.0. The van der Waals surface area contributed by atoms with E-state index >= 15 is 0 Å². The van der Waals surface area contributed by atoms with E-state index in [2.05, 4.69) is 49.8 Å². The summed E-state index contributed by atoms with van der Waals surface area (Å²) in [6.45, 7) is 6.45. The molecule has 0 N–H and O–H groups in total. The van der Waals surface area contributed by atoms with Crippen molar-refractivity contribution in [2.24, 2.45) is 0 Å². The summed E-state index contributed by atoms with van der Waals surface area (Å²) in [5.41, 5.74) is 0. The van der Waals surface area contributed by atoms with Crippen molar-refractivity contribution in [3.05, 3.63) is 0 Å². The van der Waals surface area contributed by atoms with Gasteiger partial charge in [-0.25, -0.2) is 0 Å². The first-order valence-electron chi connectivity index (χ1n) is 5.00. The predicted octanol–water partition coefficient (Wildman–Crippen LogP) is 4.16. The van der Waals surface area contributed by atoms with E-state index in [1.807, 2.05) is 0 Å². The normalized spacial score (nSPS) is 11.5. The summed E-state index contributed by atoms with van der Waals surface area (Å²) in [6.07, 6.45) is 0. The molecule has 1 atom stereocenters. The Labute approximate surface area is 102 Å². The van der Waals surface area contributed by atoms with Crippen LogP contribution in [-0.2, 0) is 0 Å². The first-order chi connectivity index (χ1) is 5.63. The summed E-state index contributed by atoms with van der Waals surface area (Å²) in [5, 5.41) is 0.417. The van der Waals surface area contributed by atoms with Crippen LogP contribution >= 0.6 is 9.24 Å². The Morgan fingerprint density at radius 1 is 0.846 bits per heavy atom. The molecule has 0 aromatic carbocycles. The van der Waals surface area contributed by atoms with Crippen LogP contribution in [0.1, 0.15) is 20.8 Å². The van der Waals surface area contributed by atoms with Crippen molar-refractivity contribution in [3.8, 4) is 0 Å². The summed E-state index contributed by atoms with van der Waals surface area (Å²) in [5.74, 6) is 0. The number of rotatable bonds is 3. The third kappa shape index (κ3) is 41.1. The average molecular weight is 416 g/mol. The fourth-order valence-corrected chi connectivity index (χ4v) is 22.5. The van der Waals surface area contributed by atoms with Gasteiger partial charge in [0.2, 0.25) is 0 Å². The second-order valence-corrected chi connectivity index (χ2v) is 23.6. The Kier molecular flexibility index (Phi) is 12.4. The van der Waals surface area contributed by atoms with Gasteiger partial charge in [0.1, 0.15) is 0 Å². The minimum atomic E-state index is -0.641. The third-order valence-electron chi connectivity index (χ3n) is 1.12. The fraction of sp³-hybridized carbons (Fsp3) is 1.00. The maximum absolute atomic E-state index is 2.72. The van der Waals surface area contributed by atoms with Crippen LogP contribution in [-0.4, -0.2) is 44.7 Å². The first kappa shape index (κ1) is 17.4. The van der Waals surface area contributed by atoms with Gasteiger partial charge in [0.25, 0.3) is 0 Å². The van der Waals surface area contributed by atoms with E-state index in [1.165, 1.54) is 0 Å². The molecule has 0 aliphatic carbocycles. The Balaban J connectivity index is 0. The average Bonchev–Trinajstić information content (AvgIpc) is 1.79. The van der Waals surface area contributed by atoms with Gasteiger partial charge in [-0.3, -0.25) is 0 Å². The molecule has 0 amide bonds. The van der Waals surface area contributed by atoms with Crippen LogP contribution in [0.25, 0.3) is 0 Å².